The Hall–Kier alpha value is -4.00. The number of hydrogen-bond acceptors (Lipinski definition) is 8. The first-order chi connectivity index (χ1) is 17.9. The fourth-order valence-electron chi connectivity index (χ4n) is 5.18. The molecule has 0 bridgehead atoms. The molecule has 3 aromatic rings. The van der Waals surface area contributed by atoms with Crippen LogP contribution in [0, 0.1) is 23.2 Å². The molecular weight excluding hydrogens is 468 g/mol. The summed E-state index contributed by atoms with van der Waals surface area (Å²) in [6.45, 7) is 6.00. The van der Waals surface area contributed by atoms with Crippen LogP contribution >= 0.6 is 0 Å². The van der Waals surface area contributed by atoms with Crippen LogP contribution in [0.4, 0.5) is 5.82 Å². The maximum absolute atomic E-state index is 13.2. The van der Waals surface area contributed by atoms with E-state index in [0.29, 0.717) is 24.2 Å². The van der Waals surface area contributed by atoms with Gasteiger partial charge < -0.3 is 15.0 Å². The molecule has 0 spiro atoms. The number of nitrogens with one attached hydrogen (secondary N) is 2. The van der Waals surface area contributed by atoms with Crippen LogP contribution in [0.2, 0.25) is 0 Å². The van der Waals surface area contributed by atoms with Crippen LogP contribution in [-0.4, -0.2) is 56.3 Å². The maximum atomic E-state index is 13.2. The summed E-state index contributed by atoms with van der Waals surface area (Å²) in [5.74, 6) is 1.46. The number of hydrogen-bond donors (Lipinski definition) is 2. The van der Waals surface area contributed by atoms with E-state index < -0.39 is 0 Å². The summed E-state index contributed by atoms with van der Waals surface area (Å²) < 4.78 is 5.96. The molecule has 2 N–H and O–H groups in total. The molecule has 10 nitrogen and oxygen atoms in total. The lowest BCUT2D eigenvalue weighted by molar-refractivity contribution is 0.0900. The van der Waals surface area contributed by atoms with Crippen LogP contribution in [0.5, 0.6) is 5.88 Å². The number of nitriles is 1. The van der Waals surface area contributed by atoms with Gasteiger partial charge >= 0.3 is 0 Å². The summed E-state index contributed by atoms with van der Waals surface area (Å²) in [6, 6.07) is 8.09. The first-order valence-corrected chi connectivity index (χ1v) is 12.9. The van der Waals surface area contributed by atoms with Crippen molar-refractivity contribution in [3.63, 3.8) is 0 Å². The molecule has 3 aliphatic rings. The van der Waals surface area contributed by atoms with Crippen molar-refractivity contribution in [2.45, 2.75) is 51.0 Å². The second-order valence-corrected chi connectivity index (χ2v) is 10.6. The van der Waals surface area contributed by atoms with Gasteiger partial charge in [-0.2, -0.15) is 15.3 Å². The van der Waals surface area contributed by atoms with Gasteiger partial charge in [0, 0.05) is 48.3 Å². The molecule has 2 fully saturated rings. The summed E-state index contributed by atoms with van der Waals surface area (Å²) in [5.41, 5.74) is 2.63. The number of piperidine rings is 1. The van der Waals surface area contributed by atoms with Crippen molar-refractivity contribution >= 4 is 22.8 Å². The summed E-state index contributed by atoms with van der Waals surface area (Å²) in [4.78, 5) is 28.8. The average Bonchev–Trinajstić information content (AvgIpc) is 3.57. The number of aromatic nitrogens is 5. The number of amides is 1. The quantitative estimate of drug-likeness (QED) is 0.473. The second-order valence-electron chi connectivity index (χ2n) is 10.6. The molecule has 3 aromatic heterocycles. The minimum absolute atomic E-state index is 0.0465. The maximum Gasteiger partial charge on any atom is 0.289 e. The number of pyridine rings is 1. The van der Waals surface area contributed by atoms with Gasteiger partial charge in [-0.3, -0.25) is 9.89 Å². The Morgan fingerprint density at radius 2 is 2.19 bits per heavy atom. The van der Waals surface area contributed by atoms with E-state index in [4.69, 9.17) is 10.00 Å². The van der Waals surface area contributed by atoms with Gasteiger partial charge in [-0.25, -0.2) is 9.97 Å². The van der Waals surface area contributed by atoms with Crippen LogP contribution in [0.15, 0.2) is 36.0 Å². The molecular formula is C27H30N8O2. The minimum Gasteiger partial charge on any atom is -0.477 e. The zero-order chi connectivity index (χ0) is 25.6. The lowest BCUT2D eigenvalue weighted by atomic mass is 9.79. The number of ether oxygens (including phenoxy) is 1. The predicted octanol–water partition coefficient (Wildman–Crippen LogP) is 3.51. The van der Waals surface area contributed by atoms with E-state index in [2.05, 4.69) is 53.6 Å². The molecule has 6 rings (SSSR count). The largest absolute Gasteiger partial charge is 0.477 e. The fraction of sp³-hybridized carbons (Fsp3) is 0.481. The van der Waals surface area contributed by atoms with Gasteiger partial charge in [0.1, 0.15) is 5.82 Å². The third-order valence-corrected chi connectivity index (χ3v) is 8.09. The van der Waals surface area contributed by atoms with E-state index in [1.54, 1.807) is 6.20 Å². The Labute approximate surface area is 215 Å². The molecule has 37 heavy (non-hydrogen) atoms. The number of rotatable bonds is 7. The highest BCUT2D eigenvalue weighted by Gasteiger charge is 2.38. The van der Waals surface area contributed by atoms with E-state index in [1.807, 2.05) is 26.0 Å². The Balaban J connectivity index is 1.20. The molecule has 1 saturated carbocycles. The highest BCUT2D eigenvalue weighted by molar-refractivity contribution is 5.92. The molecule has 0 radical (unpaired) electrons. The Bertz CT molecular complexity index is 1420. The van der Waals surface area contributed by atoms with E-state index in [0.717, 1.165) is 61.1 Å². The number of fused-ring (bicyclic) bond motifs is 1. The Kier molecular flexibility index (Phi) is 5.78. The molecule has 2 aliphatic carbocycles. The zero-order valence-corrected chi connectivity index (χ0v) is 21.1. The number of carbonyl (C=O) groups is 1. The molecule has 1 amide bonds. The SMILES string of the molecule is CC1=CCC1(C)NC(=O)c1nc(OC[C@H]2CC2C#N)cc(N2CCC(c3[nH]nc4ncccc34)CC2)n1. The Morgan fingerprint density at radius 3 is 2.89 bits per heavy atom. The summed E-state index contributed by atoms with van der Waals surface area (Å²) >= 11 is 0. The first-order valence-electron chi connectivity index (χ1n) is 12.9. The van der Waals surface area contributed by atoms with Crippen molar-refractivity contribution in [2.75, 3.05) is 24.6 Å². The molecule has 190 valence electrons. The number of H-pyrrole nitrogens is 1. The standard InChI is InChI=1S/C27H30N8O2/c1-16-5-8-27(16,2)32-26(36)25-30-21(13-22(31-25)37-15-19-12-18(19)14-28)35-10-6-17(7-11-35)23-20-4-3-9-29-24(20)34-33-23/h3-5,9,13,17-19H,6-8,10-12,15H2,1-2H3,(H,32,36)(H,29,33,34)/t18?,19-,27?/m1/s1. The van der Waals surface area contributed by atoms with Gasteiger partial charge in [-0.15, -0.1) is 0 Å². The summed E-state index contributed by atoms with van der Waals surface area (Å²) in [7, 11) is 0. The van der Waals surface area contributed by atoms with Crippen LogP contribution in [0.25, 0.3) is 11.0 Å². The molecule has 0 aromatic carbocycles. The topological polar surface area (TPSA) is 133 Å². The monoisotopic (exact) mass is 498 g/mol. The van der Waals surface area contributed by atoms with Crippen LogP contribution < -0.4 is 15.0 Å². The summed E-state index contributed by atoms with van der Waals surface area (Å²) in [5, 5.41) is 20.8. The van der Waals surface area contributed by atoms with E-state index in [9.17, 15) is 4.79 Å². The van der Waals surface area contributed by atoms with E-state index in [-0.39, 0.29) is 29.1 Å². The van der Waals surface area contributed by atoms with Gasteiger partial charge in [-0.05, 0) is 51.7 Å². The van der Waals surface area contributed by atoms with Crippen molar-refractivity contribution < 1.29 is 9.53 Å². The van der Waals surface area contributed by atoms with Gasteiger partial charge in [0.2, 0.25) is 11.7 Å². The second kappa shape index (κ2) is 9.14. The Morgan fingerprint density at radius 1 is 1.35 bits per heavy atom. The van der Waals surface area contributed by atoms with Crippen LogP contribution in [0.1, 0.15) is 61.8 Å². The van der Waals surface area contributed by atoms with Crippen molar-refractivity contribution in [3.05, 3.63) is 47.6 Å². The highest BCUT2D eigenvalue weighted by atomic mass is 16.5. The molecule has 2 unspecified atom stereocenters. The fourth-order valence-corrected chi connectivity index (χ4v) is 5.18. The molecule has 10 heteroatoms. The smallest absolute Gasteiger partial charge is 0.289 e. The van der Waals surface area contributed by atoms with Crippen molar-refractivity contribution in [1.29, 1.82) is 5.26 Å². The van der Waals surface area contributed by atoms with Crippen molar-refractivity contribution in [2.24, 2.45) is 11.8 Å². The third-order valence-electron chi connectivity index (χ3n) is 8.09. The van der Waals surface area contributed by atoms with Crippen LogP contribution in [-0.2, 0) is 0 Å². The molecule has 4 heterocycles. The third kappa shape index (κ3) is 4.50. The van der Waals surface area contributed by atoms with Gasteiger partial charge in [0.25, 0.3) is 5.91 Å². The van der Waals surface area contributed by atoms with Gasteiger partial charge in [0.15, 0.2) is 5.65 Å². The highest BCUT2D eigenvalue weighted by Crippen LogP contribution is 2.38. The number of nitrogens with zero attached hydrogens (tertiary/aromatic N) is 6. The normalized spacial score (nSPS) is 25.2. The number of carbonyl (C=O) groups excluding carboxylic acids is 1. The lowest BCUT2D eigenvalue weighted by Gasteiger charge is -2.38. The van der Waals surface area contributed by atoms with E-state index >= 15 is 0 Å². The van der Waals surface area contributed by atoms with E-state index in [1.165, 1.54) is 0 Å². The van der Waals surface area contributed by atoms with Crippen molar-refractivity contribution in [3.8, 4) is 11.9 Å². The molecule has 1 aliphatic heterocycles. The molecule has 3 atom stereocenters. The minimum atomic E-state index is -0.369. The van der Waals surface area contributed by atoms with Crippen molar-refractivity contribution in [1.82, 2.24) is 30.5 Å². The summed E-state index contributed by atoms with van der Waals surface area (Å²) in [6.07, 6.45) is 7.33. The van der Waals surface area contributed by atoms with Crippen LogP contribution in [0.3, 0.4) is 0 Å². The number of anilines is 1. The van der Waals surface area contributed by atoms with Gasteiger partial charge in [0.05, 0.1) is 24.1 Å². The first kappa shape index (κ1) is 23.4. The zero-order valence-electron chi connectivity index (χ0n) is 21.1. The molecule has 1 saturated heterocycles. The van der Waals surface area contributed by atoms with Gasteiger partial charge in [-0.1, -0.05) is 11.6 Å². The number of aromatic amines is 1. The lowest BCUT2D eigenvalue weighted by Crippen LogP contribution is -2.51. The average molecular weight is 499 g/mol. The predicted molar refractivity (Wildman–Crippen MR) is 137 cm³/mol.